The fraction of sp³-hybridized carbons (Fsp3) is 0.286. The lowest BCUT2D eigenvalue weighted by Gasteiger charge is -2.03. The van der Waals surface area contributed by atoms with Gasteiger partial charge in [0.25, 0.3) is 0 Å². The molecule has 3 nitrogen and oxygen atoms in total. The molecule has 0 aliphatic rings. The summed E-state index contributed by atoms with van der Waals surface area (Å²) in [5.74, 6) is 0.158. The molecule has 1 aromatic carbocycles. The van der Waals surface area contributed by atoms with Crippen molar-refractivity contribution in [3.8, 4) is 0 Å². The van der Waals surface area contributed by atoms with Gasteiger partial charge < -0.3 is 0 Å². The first-order valence-electron chi connectivity index (χ1n) is 5.91. The average Bonchev–Trinajstić information content (AvgIpc) is 2.59. The highest BCUT2D eigenvalue weighted by atomic mass is 79.9. The van der Waals surface area contributed by atoms with E-state index in [2.05, 4.69) is 21.0 Å². The first kappa shape index (κ1) is 14.3. The summed E-state index contributed by atoms with van der Waals surface area (Å²) in [6, 6.07) is 7.36. The van der Waals surface area contributed by atoms with Crippen molar-refractivity contribution in [2.75, 3.05) is 0 Å². The number of Topliss-reactive ketones (excluding diaryl/α,β-unsaturated/α-hetero) is 1. The number of rotatable bonds is 4. The molecule has 0 atom stereocenters. The summed E-state index contributed by atoms with van der Waals surface area (Å²) in [6.07, 6.45) is 0.786. The second-order valence-corrected chi connectivity index (χ2v) is 5.72. The monoisotopic (exact) mass is 340 g/mol. The Bertz CT molecular complexity index is 605. The Morgan fingerprint density at radius 1 is 1.32 bits per heavy atom. The maximum atomic E-state index is 12.1. The fourth-order valence-electron chi connectivity index (χ4n) is 1.95. The molecule has 1 heterocycles. The summed E-state index contributed by atoms with van der Waals surface area (Å²) in [5, 5.41) is 4.96. The molecule has 0 aliphatic carbocycles. The van der Waals surface area contributed by atoms with Crippen LogP contribution in [0.2, 0.25) is 5.02 Å². The molecule has 2 aromatic rings. The summed E-state index contributed by atoms with van der Waals surface area (Å²) < 4.78 is 2.67. The molecule has 0 bridgehead atoms. The number of carbonyl (C=O) groups is 1. The molecule has 0 unspecified atom stereocenters. The molecule has 0 aliphatic heterocycles. The highest BCUT2D eigenvalue weighted by Gasteiger charge is 2.14. The van der Waals surface area contributed by atoms with Crippen LogP contribution in [0, 0.1) is 6.92 Å². The molecule has 5 heteroatoms. The molecule has 0 spiro atoms. The van der Waals surface area contributed by atoms with Crippen molar-refractivity contribution < 1.29 is 4.79 Å². The van der Waals surface area contributed by atoms with Crippen LogP contribution in [-0.2, 0) is 24.7 Å². The van der Waals surface area contributed by atoms with Gasteiger partial charge in [-0.2, -0.15) is 5.10 Å². The minimum Gasteiger partial charge on any atom is -0.299 e. The van der Waals surface area contributed by atoms with Crippen molar-refractivity contribution in [2.24, 2.45) is 7.05 Å². The number of hydrogen-bond acceptors (Lipinski definition) is 2. The number of ketones is 1. The number of halogens is 2. The first-order valence-corrected chi connectivity index (χ1v) is 7.08. The smallest absolute Gasteiger partial charge is 0.143 e. The molecular weight excluding hydrogens is 328 g/mol. The molecule has 0 saturated carbocycles. The van der Waals surface area contributed by atoms with E-state index in [-0.39, 0.29) is 5.78 Å². The van der Waals surface area contributed by atoms with E-state index in [9.17, 15) is 4.79 Å². The van der Waals surface area contributed by atoms with E-state index in [1.807, 2.05) is 26.1 Å². The van der Waals surface area contributed by atoms with Gasteiger partial charge in [0.15, 0.2) is 0 Å². The lowest BCUT2D eigenvalue weighted by Crippen LogP contribution is -2.10. The van der Waals surface area contributed by atoms with Crippen molar-refractivity contribution in [3.05, 3.63) is 50.7 Å². The van der Waals surface area contributed by atoms with E-state index in [4.69, 9.17) is 11.6 Å². The lowest BCUT2D eigenvalue weighted by molar-refractivity contribution is -0.117. The summed E-state index contributed by atoms with van der Waals surface area (Å²) in [4.78, 5) is 12.1. The van der Waals surface area contributed by atoms with Crippen LogP contribution in [0.15, 0.2) is 28.7 Å². The van der Waals surface area contributed by atoms with Crippen LogP contribution in [-0.4, -0.2) is 15.6 Å². The zero-order chi connectivity index (χ0) is 14.0. The third-order valence-electron chi connectivity index (χ3n) is 2.94. The zero-order valence-electron chi connectivity index (χ0n) is 10.8. The van der Waals surface area contributed by atoms with E-state index in [1.165, 1.54) is 0 Å². The molecule has 100 valence electrons. The maximum absolute atomic E-state index is 12.1. The Kier molecular flexibility index (Phi) is 4.42. The Labute approximate surface area is 125 Å². The normalized spacial score (nSPS) is 10.7. The van der Waals surface area contributed by atoms with Gasteiger partial charge in [0.05, 0.1) is 15.9 Å². The molecule has 1 aromatic heterocycles. The van der Waals surface area contributed by atoms with Gasteiger partial charge in [-0.05, 0) is 40.5 Å². The molecule has 0 radical (unpaired) electrons. The number of benzene rings is 1. The highest BCUT2D eigenvalue weighted by Crippen LogP contribution is 2.21. The summed E-state index contributed by atoms with van der Waals surface area (Å²) in [6.45, 7) is 1.91. The maximum Gasteiger partial charge on any atom is 0.143 e. The van der Waals surface area contributed by atoms with E-state index >= 15 is 0 Å². The number of nitrogens with zero attached hydrogens (tertiary/aromatic N) is 2. The zero-order valence-corrected chi connectivity index (χ0v) is 13.1. The second kappa shape index (κ2) is 5.88. The largest absolute Gasteiger partial charge is 0.299 e. The number of aryl methyl sites for hydroxylation is 2. The third-order valence-corrected chi connectivity index (χ3v) is 4.22. The van der Waals surface area contributed by atoms with Gasteiger partial charge >= 0.3 is 0 Å². The Balaban J connectivity index is 2.07. The average molecular weight is 342 g/mol. The molecule has 19 heavy (non-hydrogen) atoms. The van der Waals surface area contributed by atoms with Crippen LogP contribution in [0.5, 0.6) is 0 Å². The van der Waals surface area contributed by atoms with Crippen molar-refractivity contribution >= 4 is 33.3 Å². The predicted molar refractivity (Wildman–Crippen MR) is 79.5 cm³/mol. The third kappa shape index (κ3) is 3.45. The topological polar surface area (TPSA) is 34.9 Å². The minimum atomic E-state index is 0.158. The Morgan fingerprint density at radius 2 is 1.95 bits per heavy atom. The molecule has 0 fully saturated rings. The Morgan fingerprint density at radius 3 is 2.47 bits per heavy atom. The minimum absolute atomic E-state index is 0.158. The number of carbonyl (C=O) groups excluding carboxylic acids is 1. The van der Waals surface area contributed by atoms with Gasteiger partial charge in [0, 0.05) is 24.9 Å². The highest BCUT2D eigenvalue weighted by molar-refractivity contribution is 9.10. The second-order valence-electron chi connectivity index (χ2n) is 4.49. The summed E-state index contributed by atoms with van der Waals surface area (Å²) in [5.41, 5.74) is 2.79. The standard InChI is InChI=1S/C14H14BrClN2O/c1-9-14(15)13(18(2)17-9)8-12(19)7-10-3-5-11(16)6-4-10/h3-6H,7-8H2,1-2H3. The Hall–Kier alpha value is -1.13. The van der Waals surface area contributed by atoms with Crippen LogP contribution >= 0.6 is 27.5 Å². The van der Waals surface area contributed by atoms with Crippen molar-refractivity contribution in [3.63, 3.8) is 0 Å². The SMILES string of the molecule is Cc1nn(C)c(CC(=O)Cc2ccc(Cl)cc2)c1Br. The van der Waals surface area contributed by atoms with Crippen LogP contribution in [0.1, 0.15) is 17.0 Å². The van der Waals surface area contributed by atoms with Crippen LogP contribution in [0.25, 0.3) is 0 Å². The van der Waals surface area contributed by atoms with Gasteiger partial charge in [-0.15, -0.1) is 0 Å². The van der Waals surface area contributed by atoms with Gasteiger partial charge in [-0.3, -0.25) is 9.48 Å². The van der Waals surface area contributed by atoms with Crippen molar-refractivity contribution in [1.29, 1.82) is 0 Å². The molecule has 0 saturated heterocycles. The van der Waals surface area contributed by atoms with E-state index in [0.29, 0.717) is 17.9 Å². The van der Waals surface area contributed by atoms with Crippen molar-refractivity contribution in [2.45, 2.75) is 19.8 Å². The van der Waals surface area contributed by atoms with Crippen LogP contribution < -0.4 is 0 Å². The van der Waals surface area contributed by atoms with E-state index < -0.39 is 0 Å². The van der Waals surface area contributed by atoms with E-state index in [1.54, 1.807) is 16.8 Å². The fourth-order valence-corrected chi connectivity index (χ4v) is 2.55. The van der Waals surface area contributed by atoms with Crippen LogP contribution in [0.3, 0.4) is 0 Å². The quantitative estimate of drug-likeness (QED) is 0.853. The first-order chi connectivity index (χ1) is 8.97. The summed E-state index contributed by atoms with van der Waals surface area (Å²) in [7, 11) is 1.85. The van der Waals surface area contributed by atoms with Crippen molar-refractivity contribution in [1.82, 2.24) is 9.78 Å². The molecule has 0 N–H and O–H groups in total. The van der Waals surface area contributed by atoms with Gasteiger partial charge in [0.2, 0.25) is 0 Å². The summed E-state index contributed by atoms with van der Waals surface area (Å²) >= 11 is 9.29. The van der Waals surface area contributed by atoms with Gasteiger partial charge in [-0.1, -0.05) is 23.7 Å². The molecule has 2 rings (SSSR count). The van der Waals surface area contributed by atoms with Gasteiger partial charge in [0.1, 0.15) is 5.78 Å². The lowest BCUT2D eigenvalue weighted by atomic mass is 10.1. The van der Waals surface area contributed by atoms with Crippen LogP contribution in [0.4, 0.5) is 0 Å². The predicted octanol–water partition coefficient (Wildman–Crippen LogP) is 3.50. The van der Waals surface area contributed by atoms with E-state index in [0.717, 1.165) is 21.4 Å². The number of hydrogen-bond donors (Lipinski definition) is 0. The number of aromatic nitrogens is 2. The molecular formula is C14H14BrClN2O. The van der Waals surface area contributed by atoms with Gasteiger partial charge in [-0.25, -0.2) is 0 Å². The molecule has 0 amide bonds.